The standard InChI is InChI=1S/C32H39N3O5S2/c1-4-6-17-32(5-2)21-35(24-15-11-8-12-16-24)25-18-27(41-3)26(19-28(25)42(38,39)22-32)40-20-29(36)34-30(31(33)37)23-13-9-7-10-14-23/h7-16,18-19,30H,4-6,17,20-22H2,1-3H3,(H2,33,37)(H,34,36)/t30-,32?/m1/s1. The fourth-order valence-electron chi connectivity index (χ4n) is 5.45. The van der Waals surface area contributed by atoms with Gasteiger partial charge in [0.15, 0.2) is 16.4 Å². The lowest BCUT2D eigenvalue weighted by atomic mass is 9.81. The van der Waals surface area contributed by atoms with Gasteiger partial charge in [0.25, 0.3) is 5.91 Å². The molecule has 0 saturated carbocycles. The Kier molecular flexibility index (Phi) is 10.2. The van der Waals surface area contributed by atoms with E-state index in [0.717, 1.165) is 31.4 Å². The van der Waals surface area contributed by atoms with Crippen molar-refractivity contribution in [3.63, 3.8) is 0 Å². The molecule has 1 unspecified atom stereocenters. The van der Waals surface area contributed by atoms with Crippen LogP contribution in [0.5, 0.6) is 5.75 Å². The minimum Gasteiger partial charge on any atom is -0.483 e. The van der Waals surface area contributed by atoms with Crippen LogP contribution in [0.3, 0.4) is 0 Å². The first-order chi connectivity index (χ1) is 20.1. The number of para-hydroxylation sites is 1. The first-order valence-corrected chi connectivity index (χ1v) is 17.0. The maximum Gasteiger partial charge on any atom is 0.258 e. The number of hydrogen-bond donors (Lipinski definition) is 2. The van der Waals surface area contributed by atoms with Crippen molar-refractivity contribution < 1.29 is 22.7 Å². The number of benzene rings is 3. The van der Waals surface area contributed by atoms with Crippen LogP contribution < -0.4 is 20.7 Å². The summed E-state index contributed by atoms with van der Waals surface area (Å²) in [6.07, 6.45) is 5.33. The normalized spacial score (nSPS) is 18.4. The zero-order chi connectivity index (χ0) is 30.3. The Morgan fingerprint density at radius 3 is 2.33 bits per heavy atom. The van der Waals surface area contributed by atoms with Gasteiger partial charge in [0.2, 0.25) is 5.91 Å². The Hall–Kier alpha value is -3.50. The van der Waals surface area contributed by atoms with E-state index in [1.54, 1.807) is 36.4 Å². The van der Waals surface area contributed by atoms with E-state index in [9.17, 15) is 18.0 Å². The highest BCUT2D eigenvalue weighted by atomic mass is 32.2. The number of anilines is 2. The molecule has 4 rings (SSSR count). The smallest absolute Gasteiger partial charge is 0.258 e. The summed E-state index contributed by atoms with van der Waals surface area (Å²) < 4.78 is 34.0. The summed E-state index contributed by atoms with van der Waals surface area (Å²) >= 11 is 1.41. The molecule has 0 saturated heterocycles. The second-order valence-corrected chi connectivity index (χ2v) is 13.5. The van der Waals surface area contributed by atoms with Crippen LogP contribution in [0.25, 0.3) is 0 Å². The van der Waals surface area contributed by atoms with Gasteiger partial charge < -0.3 is 20.7 Å². The van der Waals surface area contributed by atoms with E-state index in [0.29, 0.717) is 28.4 Å². The van der Waals surface area contributed by atoms with Crippen molar-refractivity contribution in [3.8, 4) is 5.75 Å². The molecule has 0 spiro atoms. The Balaban J connectivity index is 1.70. The van der Waals surface area contributed by atoms with Gasteiger partial charge in [0, 0.05) is 23.7 Å². The molecule has 1 aliphatic heterocycles. The average molecular weight is 610 g/mol. The summed E-state index contributed by atoms with van der Waals surface area (Å²) in [5, 5.41) is 2.62. The van der Waals surface area contributed by atoms with Crippen molar-refractivity contribution in [1.29, 1.82) is 0 Å². The second kappa shape index (κ2) is 13.6. The zero-order valence-electron chi connectivity index (χ0n) is 24.3. The topological polar surface area (TPSA) is 119 Å². The van der Waals surface area contributed by atoms with Gasteiger partial charge in [-0.15, -0.1) is 11.8 Å². The summed E-state index contributed by atoms with van der Waals surface area (Å²) in [5.41, 5.74) is 7.20. The third kappa shape index (κ3) is 7.10. The van der Waals surface area contributed by atoms with Gasteiger partial charge in [-0.2, -0.15) is 0 Å². The van der Waals surface area contributed by atoms with Gasteiger partial charge in [-0.1, -0.05) is 75.2 Å². The summed E-state index contributed by atoms with van der Waals surface area (Å²) in [4.78, 5) is 27.9. The van der Waals surface area contributed by atoms with Crippen LogP contribution in [0.15, 0.2) is 82.6 Å². The Morgan fingerprint density at radius 2 is 1.74 bits per heavy atom. The van der Waals surface area contributed by atoms with E-state index in [-0.39, 0.29) is 10.6 Å². The molecule has 2 amide bonds. The fraction of sp³-hybridized carbons (Fsp3) is 0.375. The number of thioether (sulfide) groups is 1. The lowest BCUT2D eigenvalue weighted by Crippen LogP contribution is -2.39. The molecule has 0 bridgehead atoms. The third-order valence-corrected chi connectivity index (χ3v) is 10.6. The quantitative estimate of drug-likeness (QED) is 0.255. The number of carbonyl (C=O) groups is 2. The molecule has 1 heterocycles. The van der Waals surface area contributed by atoms with Crippen molar-refractivity contribution in [2.45, 2.75) is 55.4 Å². The summed E-state index contributed by atoms with van der Waals surface area (Å²) in [6, 6.07) is 20.9. The van der Waals surface area contributed by atoms with Gasteiger partial charge in [-0.25, -0.2) is 8.42 Å². The van der Waals surface area contributed by atoms with Crippen molar-refractivity contribution >= 4 is 44.8 Å². The highest BCUT2D eigenvalue weighted by Gasteiger charge is 2.42. The van der Waals surface area contributed by atoms with Gasteiger partial charge in [-0.3, -0.25) is 9.59 Å². The van der Waals surface area contributed by atoms with Gasteiger partial charge >= 0.3 is 0 Å². The van der Waals surface area contributed by atoms with Gasteiger partial charge in [-0.05, 0) is 42.9 Å². The molecule has 2 atom stereocenters. The van der Waals surface area contributed by atoms with E-state index in [2.05, 4.69) is 24.1 Å². The Bertz CT molecular complexity index is 1500. The molecule has 3 aromatic carbocycles. The minimum absolute atomic E-state index is 0.0305. The van der Waals surface area contributed by atoms with Crippen LogP contribution in [-0.2, 0) is 19.4 Å². The van der Waals surface area contributed by atoms with Crippen LogP contribution in [0, 0.1) is 5.41 Å². The van der Waals surface area contributed by atoms with E-state index >= 15 is 0 Å². The second-order valence-electron chi connectivity index (χ2n) is 10.7. The number of amides is 2. The first-order valence-electron chi connectivity index (χ1n) is 14.2. The number of nitrogens with one attached hydrogen (secondary N) is 1. The van der Waals surface area contributed by atoms with Crippen molar-refractivity contribution in [2.24, 2.45) is 11.1 Å². The number of unbranched alkanes of at least 4 members (excludes halogenated alkanes) is 1. The summed E-state index contributed by atoms with van der Waals surface area (Å²) in [7, 11) is -3.71. The number of nitrogens with two attached hydrogens (primary N) is 1. The summed E-state index contributed by atoms with van der Waals surface area (Å²) in [5.74, 6) is -0.925. The molecule has 3 N–H and O–H groups in total. The van der Waals surface area contributed by atoms with Crippen LogP contribution in [0.1, 0.15) is 51.1 Å². The van der Waals surface area contributed by atoms with Crippen LogP contribution in [0.2, 0.25) is 0 Å². The van der Waals surface area contributed by atoms with Crippen LogP contribution in [0.4, 0.5) is 11.4 Å². The van der Waals surface area contributed by atoms with Crippen LogP contribution >= 0.6 is 11.8 Å². The minimum atomic E-state index is -3.71. The van der Waals surface area contributed by atoms with E-state index in [1.807, 2.05) is 42.7 Å². The van der Waals surface area contributed by atoms with E-state index in [1.165, 1.54) is 11.8 Å². The molecular weight excluding hydrogens is 571 g/mol. The van der Waals surface area contributed by atoms with Crippen molar-refractivity contribution in [2.75, 3.05) is 30.1 Å². The lowest BCUT2D eigenvalue weighted by molar-refractivity contribution is -0.128. The number of carbonyl (C=O) groups excluding carboxylic acids is 2. The predicted molar refractivity (Wildman–Crippen MR) is 168 cm³/mol. The molecule has 0 radical (unpaired) electrons. The molecule has 1 aliphatic rings. The molecule has 0 fully saturated rings. The van der Waals surface area contributed by atoms with Crippen molar-refractivity contribution in [3.05, 3.63) is 78.4 Å². The number of sulfone groups is 1. The van der Waals surface area contributed by atoms with E-state index in [4.69, 9.17) is 10.5 Å². The number of primary amides is 1. The third-order valence-electron chi connectivity index (χ3n) is 7.82. The maximum atomic E-state index is 14.1. The molecular formula is C32H39N3O5S2. The van der Waals surface area contributed by atoms with Crippen LogP contribution in [-0.4, -0.2) is 45.4 Å². The van der Waals surface area contributed by atoms with Gasteiger partial charge in [0.1, 0.15) is 11.8 Å². The van der Waals surface area contributed by atoms with Crippen molar-refractivity contribution in [1.82, 2.24) is 5.32 Å². The number of rotatable bonds is 12. The highest BCUT2D eigenvalue weighted by Crippen LogP contribution is 2.47. The van der Waals surface area contributed by atoms with Gasteiger partial charge in [0.05, 0.1) is 21.2 Å². The number of ether oxygens (including phenoxy) is 1. The lowest BCUT2D eigenvalue weighted by Gasteiger charge is -2.36. The number of nitrogens with zero attached hydrogens (tertiary/aromatic N) is 1. The SMILES string of the molecule is CCCCC1(CC)CN(c2ccccc2)c2cc(SC)c(OCC(=O)N[C@@H](C(N)=O)c3ccccc3)cc2S(=O)(=O)C1. The number of fused-ring (bicyclic) bond motifs is 1. The molecule has 10 heteroatoms. The maximum absolute atomic E-state index is 14.1. The Labute approximate surface area is 252 Å². The number of hydrogen-bond acceptors (Lipinski definition) is 7. The average Bonchev–Trinajstić information content (AvgIpc) is 3.09. The largest absolute Gasteiger partial charge is 0.483 e. The summed E-state index contributed by atoms with van der Waals surface area (Å²) in [6.45, 7) is 4.35. The molecule has 0 aliphatic carbocycles. The Morgan fingerprint density at radius 1 is 1.07 bits per heavy atom. The first kappa shape index (κ1) is 31.4. The molecule has 8 nitrogen and oxygen atoms in total. The molecule has 3 aromatic rings. The molecule has 0 aromatic heterocycles. The molecule has 42 heavy (non-hydrogen) atoms. The monoisotopic (exact) mass is 609 g/mol. The van der Waals surface area contributed by atoms with E-state index < -0.39 is 39.7 Å². The molecule has 224 valence electrons. The zero-order valence-corrected chi connectivity index (χ0v) is 26.0. The fourth-order valence-corrected chi connectivity index (χ4v) is 8.18. The predicted octanol–water partition coefficient (Wildman–Crippen LogP) is 5.64. The highest BCUT2D eigenvalue weighted by molar-refractivity contribution is 7.98.